The molecule has 11 heavy (non-hydrogen) atoms. The Morgan fingerprint density at radius 2 is 2.36 bits per heavy atom. The first-order valence-electron chi connectivity index (χ1n) is 3.09. The summed E-state index contributed by atoms with van der Waals surface area (Å²) >= 11 is 0. The zero-order chi connectivity index (χ0) is 8.27. The number of nitrogens with zero attached hydrogens (tertiary/aromatic N) is 1. The molecule has 1 aromatic rings. The summed E-state index contributed by atoms with van der Waals surface area (Å²) < 4.78 is 18.3. The highest BCUT2D eigenvalue weighted by molar-refractivity contribution is 4.95. The quantitative estimate of drug-likeness (QED) is 0.629. The summed E-state index contributed by atoms with van der Waals surface area (Å²) in [6.45, 7) is 0.0800. The number of hydrogen-bond donors (Lipinski definition) is 0. The van der Waals surface area contributed by atoms with Gasteiger partial charge in [-0.05, 0) is 6.07 Å². The maximum atomic E-state index is 12.5. The van der Waals surface area contributed by atoms with Gasteiger partial charge in [0.1, 0.15) is 12.5 Å². The second-order valence-corrected chi connectivity index (χ2v) is 2.07. The number of ether oxygens (including phenoxy) is 1. The van der Waals surface area contributed by atoms with E-state index in [1.165, 1.54) is 7.11 Å². The Labute approximate surface area is 63.0 Å². The van der Waals surface area contributed by atoms with E-state index in [0.717, 1.165) is 22.9 Å². The largest absolute Gasteiger partial charge is 0.364 e. The standard InChI is InChI=1S/C7H8FNO2/c1-11-5-9-4-6(8)2-3-7(9)10/h2-4H,5H2,1H3. The van der Waals surface area contributed by atoms with Crippen molar-refractivity contribution >= 4 is 0 Å². The van der Waals surface area contributed by atoms with Crippen molar-refractivity contribution in [1.29, 1.82) is 0 Å². The van der Waals surface area contributed by atoms with Crippen LogP contribution in [0.3, 0.4) is 0 Å². The minimum absolute atomic E-state index is 0.0800. The highest BCUT2D eigenvalue weighted by Crippen LogP contribution is 1.91. The lowest BCUT2D eigenvalue weighted by molar-refractivity contribution is 0.127. The lowest BCUT2D eigenvalue weighted by Crippen LogP contribution is -2.19. The van der Waals surface area contributed by atoms with E-state index >= 15 is 0 Å². The Kier molecular flexibility index (Phi) is 2.38. The topological polar surface area (TPSA) is 31.2 Å². The monoisotopic (exact) mass is 157 g/mol. The molecule has 0 saturated carbocycles. The molecule has 0 bridgehead atoms. The second kappa shape index (κ2) is 3.30. The molecular weight excluding hydrogens is 149 g/mol. The smallest absolute Gasteiger partial charge is 0.252 e. The summed E-state index contributed by atoms with van der Waals surface area (Å²) in [6, 6.07) is 2.28. The van der Waals surface area contributed by atoms with Crippen molar-refractivity contribution in [1.82, 2.24) is 4.57 Å². The van der Waals surface area contributed by atoms with Gasteiger partial charge in [0.05, 0.1) is 0 Å². The van der Waals surface area contributed by atoms with E-state index in [1.54, 1.807) is 0 Å². The molecule has 0 saturated heterocycles. The van der Waals surface area contributed by atoms with Crippen LogP contribution in [0.2, 0.25) is 0 Å². The fourth-order valence-electron chi connectivity index (χ4n) is 0.742. The average molecular weight is 157 g/mol. The van der Waals surface area contributed by atoms with Crippen LogP contribution in [0.25, 0.3) is 0 Å². The third-order valence-electron chi connectivity index (χ3n) is 1.22. The maximum absolute atomic E-state index is 12.5. The molecule has 0 aliphatic rings. The molecule has 60 valence electrons. The van der Waals surface area contributed by atoms with Gasteiger partial charge in [0.15, 0.2) is 0 Å². The van der Waals surface area contributed by atoms with Gasteiger partial charge < -0.3 is 4.74 Å². The number of pyridine rings is 1. The van der Waals surface area contributed by atoms with Crippen molar-refractivity contribution < 1.29 is 9.13 Å². The van der Waals surface area contributed by atoms with Crippen LogP contribution in [-0.2, 0) is 11.5 Å². The van der Waals surface area contributed by atoms with Crippen molar-refractivity contribution in [2.24, 2.45) is 0 Å². The molecule has 4 heteroatoms. The Morgan fingerprint density at radius 3 is 3.00 bits per heavy atom. The van der Waals surface area contributed by atoms with Gasteiger partial charge in [0.25, 0.3) is 5.56 Å². The normalized spacial score (nSPS) is 10.0. The van der Waals surface area contributed by atoms with E-state index < -0.39 is 5.82 Å². The van der Waals surface area contributed by atoms with Gasteiger partial charge in [-0.15, -0.1) is 0 Å². The zero-order valence-corrected chi connectivity index (χ0v) is 6.08. The van der Waals surface area contributed by atoms with Crippen molar-refractivity contribution in [3.8, 4) is 0 Å². The van der Waals surface area contributed by atoms with Gasteiger partial charge in [-0.25, -0.2) is 4.39 Å². The second-order valence-electron chi connectivity index (χ2n) is 2.07. The van der Waals surface area contributed by atoms with Crippen LogP contribution in [0, 0.1) is 5.82 Å². The lowest BCUT2D eigenvalue weighted by atomic mass is 10.5. The molecule has 0 aromatic carbocycles. The fourth-order valence-corrected chi connectivity index (χ4v) is 0.742. The molecule has 1 rings (SSSR count). The predicted octanol–water partition coefficient (Wildman–Crippen LogP) is 0.591. The summed E-state index contributed by atoms with van der Waals surface area (Å²) in [5.74, 6) is -0.443. The van der Waals surface area contributed by atoms with Gasteiger partial charge in [0.2, 0.25) is 0 Å². The third-order valence-corrected chi connectivity index (χ3v) is 1.22. The summed E-state index contributed by atoms with van der Waals surface area (Å²) in [5, 5.41) is 0. The molecular formula is C7H8FNO2. The molecule has 0 fully saturated rings. The fraction of sp³-hybridized carbons (Fsp3) is 0.286. The highest BCUT2D eigenvalue weighted by atomic mass is 19.1. The Morgan fingerprint density at radius 1 is 1.64 bits per heavy atom. The number of hydrogen-bond acceptors (Lipinski definition) is 2. The van der Waals surface area contributed by atoms with E-state index in [9.17, 15) is 9.18 Å². The van der Waals surface area contributed by atoms with Gasteiger partial charge in [-0.3, -0.25) is 9.36 Å². The van der Waals surface area contributed by atoms with Crippen LogP contribution >= 0.6 is 0 Å². The maximum Gasteiger partial charge on any atom is 0.252 e. The van der Waals surface area contributed by atoms with E-state index in [4.69, 9.17) is 0 Å². The summed E-state index contributed by atoms with van der Waals surface area (Å²) in [6.07, 6.45) is 1.10. The SMILES string of the molecule is COCn1cc(F)ccc1=O. The zero-order valence-electron chi connectivity index (χ0n) is 6.08. The molecule has 0 amide bonds. The molecule has 0 radical (unpaired) electrons. The van der Waals surface area contributed by atoms with Crippen molar-refractivity contribution in [3.05, 3.63) is 34.5 Å². The van der Waals surface area contributed by atoms with Gasteiger partial charge in [-0.1, -0.05) is 0 Å². The Balaban J connectivity index is 3.03. The minimum Gasteiger partial charge on any atom is -0.364 e. The molecule has 0 N–H and O–H groups in total. The van der Waals surface area contributed by atoms with Gasteiger partial charge >= 0.3 is 0 Å². The molecule has 1 heterocycles. The predicted molar refractivity (Wildman–Crippen MR) is 37.7 cm³/mol. The van der Waals surface area contributed by atoms with Crippen molar-refractivity contribution in [2.75, 3.05) is 7.11 Å². The first kappa shape index (κ1) is 7.94. The highest BCUT2D eigenvalue weighted by Gasteiger charge is 1.95. The number of aromatic nitrogens is 1. The van der Waals surface area contributed by atoms with Gasteiger partial charge in [0, 0.05) is 19.4 Å². The Bertz CT molecular complexity index is 295. The summed E-state index contributed by atoms with van der Waals surface area (Å²) in [5.41, 5.74) is -0.270. The van der Waals surface area contributed by atoms with E-state index in [0.29, 0.717) is 0 Å². The molecule has 0 aliphatic heterocycles. The molecule has 0 unspecified atom stereocenters. The number of halogens is 1. The van der Waals surface area contributed by atoms with E-state index in [1.807, 2.05) is 0 Å². The number of rotatable bonds is 2. The summed E-state index contributed by atoms with van der Waals surface area (Å²) in [7, 11) is 1.44. The Hall–Kier alpha value is -1.16. The van der Waals surface area contributed by atoms with Crippen molar-refractivity contribution in [3.63, 3.8) is 0 Å². The molecule has 3 nitrogen and oxygen atoms in total. The van der Waals surface area contributed by atoms with Crippen LogP contribution in [0.5, 0.6) is 0 Å². The molecule has 1 aromatic heterocycles. The number of methoxy groups -OCH3 is 1. The van der Waals surface area contributed by atoms with Gasteiger partial charge in [-0.2, -0.15) is 0 Å². The lowest BCUT2D eigenvalue weighted by Gasteiger charge is -2.01. The van der Waals surface area contributed by atoms with Crippen LogP contribution in [-0.4, -0.2) is 11.7 Å². The van der Waals surface area contributed by atoms with Crippen LogP contribution in [0.4, 0.5) is 4.39 Å². The first-order valence-corrected chi connectivity index (χ1v) is 3.09. The molecule has 0 atom stereocenters. The van der Waals surface area contributed by atoms with Crippen molar-refractivity contribution in [2.45, 2.75) is 6.73 Å². The third kappa shape index (κ3) is 1.88. The van der Waals surface area contributed by atoms with Crippen LogP contribution < -0.4 is 5.56 Å². The first-order chi connectivity index (χ1) is 5.24. The molecule has 0 aliphatic carbocycles. The van der Waals surface area contributed by atoms with E-state index in [2.05, 4.69) is 4.74 Å². The van der Waals surface area contributed by atoms with Crippen LogP contribution in [0.1, 0.15) is 0 Å². The minimum atomic E-state index is -0.443. The summed E-state index contributed by atoms with van der Waals surface area (Å²) in [4.78, 5) is 10.9. The average Bonchev–Trinajstić information content (AvgIpc) is 1.98. The van der Waals surface area contributed by atoms with E-state index in [-0.39, 0.29) is 12.3 Å². The molecule has 0 spiro atoms. The van der Waals surface area contributed by atoms with Crippen LogP contribution in [0.15, 0.2) is 23.1 Å².